The lowest BCUT2D eigenvalue weighted by Gasteiger charge is -2.00. The summed E-state index contributed by atoms with van der Waals surface area (Å²) in [5, 5.41) is 5.21. The van der Waals surface area contributed by atoms with Crippen LogP contribution in [0.2, 0.25) is 0 Å². The number of rotatable bonds is 5. The highest BCUT2D eigenvalue weighted by Gasteiger charge is 2.13. The fraction of sp³-hybridized carbons (Fsp3) is 0.333. The van der Waals surface area contributed by atoms with Crippen LogP contribution < -0.4 is 11.1 Å². The Morgan fingerprint density at radius 3 is 3.06 bits per heavy atom. The van der Waals surface area contributed by atoms with E-state index in [1.54, 1.807) is 5.38 Å². The van der Waals surface area contributed by atoms with Gasteiger partial charge in [0.15, 0.2) is 10.8 Å². The van der Waals surface area contributed by atoms with Crippen LogP contribution in [0.4, 0.5) is 0 Å². The third kappa shape index (κ3) is 2.96. The quantitative estimate of drug-likeness (QED) is 0.808. The van der Waals surface area contributed by atoms with Gasteiger partial charge in [-0.05, 0) is 32.0 Å². The molecule has 0 fully saturated rings. The van der Waals surface area contributed by atoms with E-state index in [1.165, 1.54) is 11.3 Å². The van der Waals surface area contributed by atoms with Gasteiger partial charge in [0.05, 0.1) is 0 Å². The molecular formula is C12H15N3O2S. The summed E-state index contributed by atoms with van der Waals surface area (Å²) in [6.45, 7) is 3.01. The van der Waals surface area contributed by atoms with Gasteiger partial charge in [0.1, 0.15) is 11.5 Å². The van der Waals surface area contributed by atoms with Gasteiger partial charge in [0.2, 0.25) is 0 Å². The molecule has 18 heavy (non-hydrogen) atoms. The highest BCUT2D eigenvalue weighted by Crippen LogP contribution is 2.25. The van der Waals surface area contributed by atoms with Gasteiger partial charge in [-0.2, -0.15) is 0 Å². The highest BCUT2D eigenvalue weighted by atomic mass is 32.1. The topological polar surface area (TPSA) is 81.2 Å². The number of nitrogens with two attached hydrogens (primary N) is 1. The third-order valence-corrected chi connectivity index (χ3v) is 3.21. The van der Waals surface area contributed by atoms with Crippen LogP contribution >= 0.6 is 11.3 Å². The Kier molecular flexibility index (Phi) is 4.11. The molecule has 0 aromatic carbocycles. The van der Waals surface area contributed by atoms with E-state index in [0.29, 0.717) is 29.6 Å². The van der Waals surface area contributed by atoms with Crippen molar-refractivity contribution in [3.05, 3.63) is 29.0 Å². The van der Waals surface area contributed by atoms with Crippen molar-refractivity contribution in [1.82, 2.24) is 10.3 Å². The van der Waals surface area contributed by atoms with E-state index in [4.69, 9.17) is 10.2 Å². The summed E-state index contributed by atoms with van der Waals surface area (Å²) in [6, 6.07) is 3.72. The number of hydrogen-bond donors (Lipinski definition) is 2. The molecule has 0 radical (unpaired) electrons. The van der Waals surface area contributed by atoms with Gasteiger partial charge in [0.25, 0.3) is 5.91 Å². The first kappa shape index (κ1) is 12.8. The fourth-order valence-electron chi connectivity index (χ4n) is 1.44. The van der Waals surface area contributed by atoms with E-state index < -0.39 is 0 Å². The van der Waals surface area contributed by atoms with E-state index in [9.17, 15) is 4.79 Å². The van der Waals surface area contributed by atoms with Crippen LogP contribution in [-0.4, -0.2) is 24.0 Å². The minimum absolute atomic E-state index is 0.172. The number of nitrogens with zero attached hydrogens (tertiary/aromatic N) is 1. The molecule has 0 aliphatic rings. The van der Waals surface area contributed by atoms with Gasteiger partial charge < -0.3 is 15.5 Å². The van der Waals surface area contributed by atoms with Crippen molar-refractivity contribution in [2.75, 3.05) is 13.1 Å². The van der Waals surface area contributed by atoms with E-state index >= 15 is 0 Å². The van der Waals surface area contributed by atoms with E-state index in [1.807, 2.05) is 19.1 Å². The molecule has 1 amide bonds. The van der Waals surface area contributed by atoms with Gasteiger partial charge in [-0.1, -0.05) is 0 Å². The molecule has 2 rings (SSSR count). The average Bonchev–Trinajstić information content (AvgIpc) is 2.97. The second-order valence-corrected chi connectivity index (χ2v) is 4.70. The number of nitrogens with one attached hydrogen (secondary N) is 1. The lowest BCUT2D eigenvalue weighted by molar-refractivity contribution is 0.0949. The van der Waals surface area contributed by atoms with Crippen LogP contribution in [0.1, 0.15) is 22.7 Å². The highest BCUT2D eigenvalue weighted by molar-refractivity contribution is 7.13. The first-order valence-corrected chi connectivity index (χ1v) is 6.59. The summed E-state index contributed by atoms with van der Waals surface area (Å²) >= 11 is 1.39. The fourth-order valence-corrected chi connectivity index (χ4v) is 2.20. The van der Waals surface area contributed by atoms with Crippen molar-refractivity contribution in [1.29, 1.82) is 0 Å². The van der Waals surface area contributed by atoms with Crippen LogP contribution in [-0.2, 0) is 0 Å². The van der Waals surface area contributed by atoms with Crippen LogP contribution in [0.3, 0.4) is 0 Å². The molecule has 0 saturated carbocycles. The average molecular weight is 265 g/mol. The lowest BCUT2D eigenvalue weighted by atomic mass is 10.4. The van der Waals surface area contributed by atoms with Crippen LogP contribution in [0.15, 0.2) is 21.9 Å². The molecule has 0 atom stereocenters. The van der Waals surface area contributed by atoms with Crippen LogP contribution in [0.5, 0.6) is 0 Å². The second-order valence-electron chi connectivity index (χ2n) is 3.85. The van der Waals surface area contributed by atoms with Gasteiger partial charge in [0, 0.05) is 11.9 Å². The molecule has 0 saturated heterocycles. The van der Waals surface area contributed by atoms with Crippen molar-refractivity contribution in [2.45, 2.75) is 13.3 Å². The summed E-state index contributed by atoms with van der Waals surface area (Å²) in [5.74, 6) is 1.35. The third-order valence-electron chi connectivity index (χ3n) is 2.35. The van der Waals surface area contributed by atoms with Gasteiger partial charge in [-0.15, -0.1) is 11.3 Å². The number of amides is 1. The normalized spacial score (nSPS) is 10.6. The largest absolute Gasteiger partial charge is 0.459 e. The van der Waals surface area contributed by atoms with Gasteiger partial charge in [-0.25, -0.2) is 4.98 Å². The van der Waals surface area contributed by atoms with Crippen molar-refractivity contribution >= 4 is 17.2 Å². The maximum Gasteiger partial charge on any atom is 0.270 e. The van der Waals surface area contributed by atoms with Crippen molar-refractivity contribution < 1.29 is 9.21 Å². The van der Waals surface area contributed by atoms with E-state index in [0.717, 1.165) is 12.2 Å². The first-order chi connectivity index (χ1) is 8.70. The zero-order chi connectivity index (χ0) is 13.0. The van der Waals surface area contributed by atoms with Crippen molar-refractivity contribution in [2.24, 2.45) is 5.73 Å². The molecule has 6 heteroatoms. The van der Waals surface area contributed by atoms with Crippen LogP contribution in [0.25, 0.3) is 10.8 Å². The Morgan fingerprint density at radius 2 is 2.39 bits per heavy atom. The Hall–Kier alpha value is -1.66. The first-order valence-electron chi connectivity index (χ1n) is 5.71. The zero-order valence-electron chi connectivity index (χ0n) is 10.1. The molecule has 0 unspecified atom stereocenters. The molecule has 0 spiro atoms. The number of hydrogen-bond acceptors (Lipinski definition) is 5. The lowest BCUT2D eigenvalue weighted by Crippen LogP contribution is -2.26. The summed E-state index contributed by atoms with van der Waals surface area (Å²) in [7, 11) is 0. The standard InChI is InChI=1S/C12H15N3O2S/c1-8-3-4-10(17-8)12-15-9(7-18-12)11(16)14-6-2-5-13/h3-4,7H,2,5-6,13H2,1H3,(H,14,16). The Labute approximate surface area is 109 Å². The Morgan fingerprint density at radius 1 is 1.56 bits per heavy atom. The minimum atomic E-state index is -0.172. The molecule has 2 aromatic rings. The van der Waals surface area contributed by atoms with Gasteiger partial charge >= 0.3 is 0 Å². The van der Waals surface area contributed by atoms with Gasteiger partial charge in [-0.3, -0.25) is 4.79 Å². The molecular weight excluding hydrogens is 250 g/mol. The van der Waals surface area contributed by atoms with Crippen molar-refractivity contribution in [3.63, 3.8) is 0 Å². The number of carbonyl (C=O) groups excluding carboxylic acids is 1. The number of furan rings is 1. The summed E-state index contributed by atoms with van der Waals surface area (Å²) < 4.78 is 5.46. The molecule has 5 nitrogen and oxygen atoms in total. The molecule has 0 bridgehead atoms. The number of aryl methyl sites for hydroxylation is 1. The van der Waals surface area contributed by atoms with Crippen molar-refractivity contribution in [3.8, 4) is 10.8 Å². The Balaban J connectivity index is 2.04. The maximum absolute atomic E-state index is 11.7. The Bertz CT molecular complexity index is 533. The summed E-state index contributed by atoms with van der Waals surface area (Å²) in [5.41, 5.74) is 5.78. The smallest absolute Gasteiger partial charge is 0.270 e. The molecule has 0 aliphatic carbocycles. The monoisotopic (exact) mass is 265 g/mol. The SMILES string of the molecule is Cc1ccc(-c2nc(C(=O)NCCCN)cs2)o1. The van der Waals surface area contributed by atoms with Crippen LogP contribution in [0, 0.1) is 6.92 Å². The number of thiazole rings is 1. The summed E-state index contributed by atoms with van der Waals surface area (Å²) in [6.07, 6.45) is 0.764. The number of carbonyl (C=O) groups is 1. The summed E-state index contributed by atoms with van der Waals surface area (Å²) in [4.78, 5) is 16.0. The second kappa shape index (κ2) is 5.79. The molecule has 96 valence electrons. The predicted molar refractivity (Wildman–Crippen MR) is 70.6 cm³/mol. The zero-order valence-corrected chi connectivity index (χ0v) is 10.9. The molecule has 3 N–H and O–H groups in total. The predicted octanol–water partition coefficient (Wildman–Crippen LogP) is 1.79. The molecule has 0 aliphatic heterocycles. The van der Waals surface area contributed by atoms with E-state index in [2.05, 4.69) is 10.3 Å². The minimum Gasteiger partial charge on any atom is -0.459 e. The molecule has 2 aromatic heterocycles. The van der Waals surface area contributed by atoms with E-state index in [-0.39, 0.29) is 5.91 Å². The molecule has 2 heterocycles. The maximum atomic E-state index is 11.7. The number of aromatic nitrogens is 1.